The molecule has 0 aliphatic rings. The second-order valence-corrected chi connectivity index (χ2v) is 12.4. The van der Waals surface area contributed by atoms with Gasteiger partial charge in [-0.05, 0) is 19.1 Å². The van der Waals surface area contributed by atoms with E-state index in [1.807, 2.05) is 0 Å². The molecule has 1 atom stereocenters. The van der Waals surface area contributed by atoms with Gasteiger partial charge in [0.25, 0.3) is 0 Å². The van der Waals surface area contributed by atoms with E-state index in [4.69, 9.17) is 19.9 Å². The summed E-state index contributed by atoms with van der Waals surface area (Å²) in [5.74, 6) is -0.634. The average Bonchev–Trinajstić information content (AvgIpc) is 3.43. The number of carbonyl (C=O) groups excluding carboxylic acids is 1. The van der Waals surface area contributed by atoms with Crippen LogP contribution in [0.25, 0.3) is 11.5 Å². The van der Waals surface area contributed by atoms with Crippen LogP contribution in [0.1, 0.15) is 53.1 Å². The number of pyridine rings is 1. The lowest BCUT2D eigenvalue weighted by Gasteiger charge is -2.26. The molecular weight excluding hydrogens is 512 g/mol. The smallest absolute Gasteiger partial charge is 0.341 e. The lowest BCUT2D eigenvalue weighted by Crippen LogP contribution is -2.27. The van der Waals surface area contributed by atoms with Gasteiger partial charge < -0.3 is 4.42 Å². The molecule has 190 valence electrons. The number of aromatic nitrogens is 3. The molecule has 0 fully saturated rings. The predicted molar refractivity (Wildman–Crippen MR) is 134 cm³/mol. The Morgan fingerprint density at radius 3 is 2.43 bits per heavy atom. The first kappa shape index (κ1) is 27.5. The van der Waals surface area contributed by atoms with E-state index in [0.717, 1.165) is 16.9 Å². The minimum absolute atomic E-state index is 0.107. The third-order valence-corrected chi connectivity index (χ3v) is 9.06. The summed E-state index contributed by atoms with van der Waals surface area (Å²) in [4.78, 5) is 25.5. The van der Waals surface area contributed by atoms with E-state index in [1.165, 1.54) is 5.38 Å². The molecule has 12 nitrogen and oxygen atoms in total. The van der Waals surface area contributed by atoms with Gasteiger partial charge in [-0.15, -0.1) is 11.3 Å². The highest BCUT2D eigenvalue weighted by atomic mass is 32.1. The van der Waals surface area contributed by atoms with Crippen LogP contribution in [-0.2, 0) is 20.1 Å². The number of aryl methyl sites for hydroxylation is 2. The zero-order valence-electron chi connectivity index (χ0n) is 19.6. The van der Waals surface area contributed by atoms with Crippen molar-refractivity contribution in [2.75, 3.05) is 13.1 Å². The molecule has 0 saturated heterocycles. The van der Waals surface area contributed by atoms with Crippen LogP contribution >= 0.6 is 26.5 Å². The Morgan fingerprint density at radius 1 is 1.17 bits per heavy atom. The van der Waals surface area contributed by atoms with Gasteiger partial charge in [-0.25, -0.2) is 20.1 Å². The Hall–Kier alpha value is -2.08. The number of nitrogens with two attached hydrogens (primary N) is 2. The third-order valence-electron chi connectivity index (χ3n) is 4.78. The summed E-state index contributed by atoms with van der Waals surface area (Å²) in [6.45, 7) is 5.91. The molecule has 3 aromatic rings. The molecule has 0 radical (unpaired) electrons. The number of hydrogen-bond donors (Lipinski definition) is 4. The van der Waals surface area contributed by atoms with Gasteiger partial charge in [0.05, 0.1) is 5.69 Å². The molecule has 3 aromatic heterocycles. The Balaban J connectivity index is 1.73. The summed E-state index contributed by atoms with van der Waals surface area (Å²) in [6.07, 6.45) is 3.75. The lowest BCUT2D eigenvalue weighted by atomic mass is 10.1. The Bertz CT molecular complexity index is 1230. The number of rotatable bonds is 13. The van der Waals surface area contributed by atoms with Crippen molar-refractivity contribution in [2.24, 2.45) is 11.0 Å². The molecule has 0 aliphatic carbocycles. The van der Waals surface area contributed by atoms with Gasteiger partial charge in [0.2, 0.25) is 13.3 Å². The van der Waals surface area contributed by atoms with Crippen molar-refractivity contribution < 1.29 is 22.9 Å². The van der Waals surface area contributed by atoms with Crippen LogP contribution in [0, 0.1) is 6.92 Å². The van der Waals surface area contributed by atoms with Crippen molar-refractivity contribution in [1.82, 2.24) is 25.1 Å². The largest absolute Gasteiger partial charge is 0.441 e. The minimum Gasteiger partial charge on any atom is -0.441 e. The van der Waals surface area contributed by atoms with E-state index in [1.54, 1.807) is 45.3 Å². The van der Waals surface area contributed by atoms with Crippen molar-refractivity contribution >= 4 is 32.2 Å². The van der Waals surface area contributed by atoms with Crippen LogP contribution < -0.4 is 21.2 Å². The fourth-order valence-corrected chi connectivity index (χ4v) is 7.49. The molecule has 6 N–H and O–H groups in total. The molecule has 0 aromatic carbocycles. The third kappa shape index (κ3) is 7.22. The maximum atomic E-state index is 13.0. The monoisotopic (exact) mass is 541 g/mol. The van der Waals surface area contributed by atoms with E-state index in [0.29, 0.717) is 36.9 Å². The standard InChI is InChI=1S/C20H29N7O5P2S/c1-4-24-34(30,25-5-2)32-20(33(21,22)29)19-27-16(12-35-19)17(28)7-6-15-13(3)31-18(26-15)14-8-10-23-11-9-14/h8-12,20H,4-7H2,1-3H3,(H4,21,22,29)(H2,24,25,30). The van der Waals surface area contributed by atoms with E-state index < -0.39 is 21.0 Å². The lowest BCUT2D eigenvalue weighted by molar-refractivity contribution is 0.0978. The second-order valence-electron chi connectivity index (χ2n) is 7.55. The highest BCUT2D eigenvalue weighted by Gasteiger charge is 2.38. The van der Waals surface area contributed by atoms with Crippen molar-refractivity contribution in [1.29, 1.82) is 0 Å². The summed E-state index contributed by atoms with van der Waals surface area (Å²) in [5, 5.41) is 7.01. The van der Waals surface area contributed by atoms with Crippen LogP contribution in [0.3, 0.4) is 0 Å². The van der Waals surface area contributed by atoms with Gasteiger partial charge in [-0.1, -0.05) is 13.8 Å². The summed E-state index contributed by atoms with van der Waals surface area (Å²) in [7, 11) is -7.53. The summed E-state index contributed by atoms with van der Waals surface area (Å²) >= 11 is 1.01. The highest BCUT2D eigenvalue weighted by Crippen LogP contribution is 2.55. The van der Waals surface area contributed by atoms with E-state index in [-0.39, 0.29) is 22.9 Å². The summed E-state index contributed by atoms with van der Waals surface area (Å²) in [5.41, 5.74) is 13.0. The van der Waals surface area contributed by atoms with Crippen LogP contribution in [0.15, 0.2) is 34.3 Å². The average molecular weight is 542 g/mol. The maximum Gasteiger partial charge on any atom is 0.341 e. The first-order valence-corrected chi connectivity index (χ1v) is 15.3. The van der Waals surface area contributed by atoms with Gasteiger partial charge in [0, 0.05) is 49.3 Å². The Labute approximate surface area is 207 Å². The minimum atomic E-state index is -3.92. The Kier molecular flexibility index (Phi) is 9.25. The molecule has 3 rings (SSSR count). The molecule has 35 heavy (non-hydrogen) atoms. The van der Waals surface area contributed by atoms with Gasteiger partial charge in [-0.3, -0.25) is 34.4 Å². The predicted octanol–water partition coefficient (Wildman–Crippen LogP) is 3.77. The summed E-state index contributed by atoms with van der Waals surface area (Å²) in [6, 6.07) is 3.57. The molecule has 1 unspecified atom stereocenters. The molecule has 0 amide bonds. The topological polar surface area (TPSA) is 188 Å². The fraction of sp³-hybridized carbons (Fsp3) is 0.400. The van der Waals surface area contributed by atoms with Crippen LogP contribution in [-0.4, -0.2) is 33.8 Å². The number of thiazole rings is 1. The quantitative estimate of drug-likeness (QED) is 0.181. The number of Topliss-reactive ketones (excluding diaryl/α,β-unsaturated/α-hetero) is 1. The van der Waals surface area contributed by atoms with Crippen molar-refractivity contribution in [3.05, 3.63) is 52.1 Å². The van der Waals surface area contributed by atoms with Crippen molar-refractivity contribution in [2.45, 2.75) is 39.5 Å². The first-order valence-electron chi connectivity index (χ1n) is 10.9. The van der Waals surface area contributed by atoms with Crippen molar-refractivity contribution in [3.8, 4) is 11.5 Å². The number of oxazole rings is 1. The van der Waals surface area contributed by atoms with E-state index in [9.17, 15) is 13.9 Å². The molecule has 0 bridgehead atoms. The second kappa shape index (κ2) is 11.8. The highest BCUT2D eigenvalue weighted by molar-refractivity contribution is 7.61. The molecule has 15 heteroatoms. The number of ketones is 1. The molecule has 0 spiro atoms. The van der Waals surface area contributed by atoms with Gasteiger partial charge in [0.15, 0.2) is 11.6 Å². The molecule has 0 saturated carbocycles. The van der Waals surface area contributed by atoms with E-state index in [2.05, 4.69) is 25.1 Å². The van der Waals surface area contributed by atoms with Gasteiger partial charge >= 0.3 is 7.67 Å². The van der Waals surface area contributed by atoms with Crippen LogP contribution in [0.2, 0.25) is 0 Å². The number of nitrogens with one attached hydrogen (secondary N) is 2. The normalized spacial score (nSPS) is 13.2. The van der Waals surface area contributed by atoms with Gasteiger partial charge in [-0.2, -0.15) is 0 Å². The SMILES string of the molecule is CCNP(=O)(NCC)OC(c1nc(C(=O)CCc2nc(-c3ccncc3)oc2C)cs1)P(N)(N)=O. The number of carbonyl (C=O) groups is 1. The first-order chi connectivity index (χ1) is 16.6. The maximum absolute atomic E-state index is 13.0. The summed E-state index contributed by atoms with van der Waals surface area (Å²) < 4.78 is 36.9. The van der Waals surface area contributed by atoms with Crippen LogP contribution in [0.5, 0.6) is 0 Å². The van der Waals surface area contributed by atoms with Crippen LogP contribution in [0.4, 0.5) is 0 Å². The zero-order valence-corrected chi connectivity index (χ0v) is 22.2. The fourth-order valence-electron chi connectivity index (χ4n) is 3.15. The zero-order chi connectivity index (χ0) is 25.6. The molecular formula is C20H29N7O5P2S. The van der Waals surface area contributed by atoms with Crippen molar-refractivity contribution in [3.63, 3.8) is 0 Å². The number of nitrogens with zero attached hydrogens (tertiary/aromatic N) is 3. The Morgan fingerprint density at radius 2 is 1.83 bits per heavy atom. The number of hydrogen-bond acceptors (Lipinski definition) is 9. The van der Waals surface area contributed by atoms with E-state index >= 15 is 0 Å². The van der Waals surface area contributed by atoms with Gasteiger partial charge in [0.1, 0.15) is 16.5 Å². The molecule has 3 heterocycles. The molecule has 0 aliphatic heterocycles.